The van der Waals surface area contributed by atoms with Gasteiger partial charge in [-0.2, -0.15) is 17.0 Å². The van der Waals surface area contributed by atoms with Crippen molar-refractivity contribution in [1.82, 2.24) is 13.5 Å². The van der Waals surface area contributed by atoms with Crippen molar-refractivity contribution in [2.75, 3.05) is 39.3 Å². The molecule has 0 radical (unpaired) electrons. The molecule has 2 aliphatic rings. The van der Waals surface area contributed by atoms with Gasteiger partial charge in [-0.1, -0.05) is 44.2 Å². The highest BCUT2D eigenvalue weighted by Crippen LogP contribution is 2.25. The van der Waals surface area contributed by atoms with Crippen LogP contribution in [-0.2, 0) is 16.8 Å². The monoisotopic (exact) mass is 365 g/mol. The average Bonchev–Trinajstić information content (AvgIpc) is 2.81. The van der Waals surface area contributed by atoms with Gasteiger partial charge >= 0.3 is 0 Å². The molecule has 0 N–H and O–H groups in total. The van der Waals surface area contributed by atoms with Crippen LogP contribution in [0.4, 0.5) is 0 Å². The molecule has 140 valence electrons. The van der Waals surface area contributed by atoms with E-state index in [9.17, 15) is 8.42 Å². The van der Waals surface area contributed by atoms with Gasteiger partial charge in [0.05, 0.1) is 0 Å². The second kappa shape index (κ2) is 8.16. The van der Waals surface area contributed by atoms with E-state index >= 15 is 0 Å². The molecular weight excluding hydrogens is 334 g/mol. The third kappa shape index (κ3) is 4.82. The fourth-order valence-corrected chi connectivity index (χ4v) is 6.02. The van der Waals surface area contributed by atoms with Gasteiger partial charge in [0.15, 0.2) is 0 Å². The van der Waals surface area contributed by atoms with Gasteiger partial charge in [-0.05, 0) is 36.8 Å². The largest absolute Gasteiger partial charge is 0.298 e. The Morgan fingerprint density at radius 1 is 0.920 bits per heavy atom. The zero-order chi connectivity index (χ0) is 17.9. The molecule has 0 saturated carbocycles. The maximum Gasteiger partial charge on any atom is 0.282 e. The lowest BCUT2D eigenvalue weighted by atomic mass is 9.94. The van der Waals surface area contributed by atoms with E-state index in [0.29, 0.717) is 38.0 Å². The van der Waals surface area contributed by atoms with Crippen molar-refractivity contribution in [1.29, 1.82) is 0 Å². The third-order valence-corrected chi connectivity index (χ3v) is 7.25. The quantitative estimate of drug-likeness (QED) is 0.823. The Kier molecular flexibility index (Phi) is 6.15. The number of rotatable bonds is 4. The second-order valence-electron chi connectivity index (χ2n) is 7.79. The van der Waals surface area contributed by atoms with E-state index in [1.807, 2.05) is 6.07 Å². The Morgan fingerprint density at radius 2 is 1.60 bits per heavy atom. The van der Waals surface area contributed by atoms with Crippen LogP contribution in [0.3, 0.4) is 0 Å². The highest BCUT2D eigenvalue weighted by atomic mass is 32.2. The minimum Gasteiger partial charge on any atom is -0.298 e. The fourth-order valence-electron chi connectivity index (χ4n) is 4.14. The summed E-state index contributed by atoms with van der Waals surface area (Å²) in [5, 5.41) is 0. The van der Waals surface area contributed by atoms with E-state index in [4.69, 9.17) is 0 Å². The second-order valence-corrected chi connectivity index (χ2v) is 9.71. The number of hydrogen-bond acceptors (Lipinski definition) is 3. The Bertz CT molecular complexity index is 640. The Hall–Kier alpha value is -0.950. The van der Waals surface area contributed by atoms with Crippen LogP contribution in [0, 0.1) is 11.8 Å². The molecule has 2 aliphatic heterocycles. The first-order valence-electron chi connectivity index (χ1n) is 9.46. The van der Waals surface area contributed by atoms with Gasteiger partial charge in [-0.15, -0.1) is 0 Å². The van der Waals surface area contributed by atoms with Gasteiger partial charge in [0.2, 0.25) is 0 Å². The Labute approximate surface area is 152 Å². The summed E-state index contributed by atoms with van der Waals surface area (Å²) < 4.78 is 29.6. The van der Waals surface area contributed by atoms with E-state index < -0.39 is 10.2 Å². The molecule has 0 bridgehead atoms. The molecule has 2 fully saturated rings. The number of nitrogens with zero attached hydrogens (tertiary/aromatic N) is 3. The summed E-state index contributed by atoms with van der Waals surface area (Å²) in [4.78, 5) is 2.37. The minimum absolute atomic E-state index is 0.445. The number of hydrogen-bond donors (Lipinski definition) is 0. The summed E-state index contributed by atoms with van der Waals surface area (Å²) in [6.45, 7) is 9.51. The van der Waals surface area contributed by atoms with Crippen LogP contribution in [-0.4, -0.2) is 61.2 Å². The standard InChI is InChI=1S/C19H31N3O2S/c1-17-13-18(2)15-22(14-17)25(23,24)21-10-6-9-20(11-12-21)16-19-7-4-3-5-8-19/h3-5,7-8,17-18H,6,9-16H2,1-2H3. The van der Waals surface area contributed by atoms with Gasteiger partial charge in [0, 0.05) is 39.3 Å². The first-order chi connectivity index (χ1) is 11.9. The predicted molar refractivity (Wildman–Crippen MR) is 101 cm³/mol. The van der Waals surface area contributed by atoms with E-state index in [0.717, 1.165) is 32.5 Å². The fraction of sp³-hybridized carbons (Fsp3) is 0.684. The summed E-state index contributed by atoms with van der Waals surface area (Å²) in [6.07, 6.45) is 2.02. The third-order valence-electron chi connectivity index (χ3n) is 5.28. The van der Waals surface area contributed by atoms with E-state index in [1.165, 1.54) is 5.56 Å². The van der Waals surface area contributed by atoms with Crippen molar-refractivity contribution in [3.63, 3.8) is 0 Å². The van der Waals surface area contributed by atoms with E-state index in [2.05, 4.69) is 43.0 Å². The molecule has 0 amide bonds. The molecule has 6 heteroatoms. The van der Waals surface area contributed by atoms with Crippen molar-refractivity contribution in [3.05, 3.63) is 35.9 Å². The Morgan fingerprint density at radius 3 is 2.28 bits per heavy atom. The van der Waals surface area contributed by atoms with Crippen molar-refractivity contribution in [2.45, 2.75) is 33.2 Å². The van der Waals surface area contributed by atoms with E-state index in [1.54, 1.807) is 8.61 Å². The lowest BCUT2D eigenvalue weighted by molar-refractivity contribution is 0.208. The molecule has 3 rings (SSSR count). The molecule has 2 atom stereocenters. The number of benzene rings is 1. The molecular formula is C19H31N3O2S. The van der Waals surface area contributed by atoms with Crippen LogP contribution in [0.25, 0.3) is 0 Å². The predicted octanol–water partition coefficient (Wildman–Crippen LogP) is 2.42. The highest BCUT2D eigenvalue weighted by molar-refractivity contribution is 7.86. The van der Waals surface area contributed by atoms with Crippen LogP contribution in [0.2, 0.25) is 0 Å². The zero-order valence-corrected chi connectivity index (χ0v) is 16.3. The maximum absolute atomic E-state index is 13.1. The summed E-state index contributed by atoms with van der Waals surface area (Å²) in [5.41, 5.74) is 1.29. The SMILES string of the molecule is CC1CC(C)CN(S(=O)(=O)N2CCCN(Cc3ccccc3)CC2)C1. The zero-order valence-electron chi connectivity index (χ0n) is 15.5. The molecule has 0 aromatic heterocycles. The van der Waals surface area contributed by atoms with Gasteiger partial charge in [-0.3, -0.25) is 4.90 Å². The first-order valence-corrected chi connectivity index (χ1v) is 10.9. The summed E-state index contributed by atoms with van der Waals surface area (Å²) in [6, 6.07) is 10.4. The topological polar surface area (TPSA) is 43.9 Å². The van der Waals surface area contributed by atoms with E-state index in [-0.39, 0.29) is 0 Å². The molecule has 2 saturated heterocycles. The van der Waals surface area contributed by atoms with Gasteiger partial charge < -0.3 is 0 Å². The van der Waals surface area contributed by atoms with Crippen molar-refractivity contribution >= 4 is 10.2 Å². The molecule has 5 nitrogen and oxygen atoms in total. The number of piperidine rings is 1. The van der Waals surface area contributed by atoms with Crippen molar-refractivity contribution in [3.8, 4) is 0 Å². The van der Waals surface area contributed by atoms with Crippen LogP contribution in [0.1, 0.15) is 32.3 Å². The maximum atomic E-state index is 13.1. The molecule has 1 aromatic carbocycles. The normalized spacial score (nSPS) is 27.9. The van der Waals surface area contributed by atoms with Crippen LogP contribution in [0.5, 0.6) is 0 Å². The van der Waals surface area contributed by atoms with Crippen LogP contribution in [0.15, 0.2) is 30.3 Å². The summed E-state index contributed by atoms with van der Waals surface area (Å²) in [7, 11) is -3.33. The molecule has 1 aromatic rings. The van der Waals surface area contributed by atoms with Crippen LogP contribution < -0.4 is 0 Å². The minimum atomic E-state index is -3.33. The summed E-state index contributed by atoms with van der Waals surface area (Å²) >= 11 is 0. The Balaban J connectivity index is 1.62. The highest BCUT2D eigenvalue weighted by Gasteiger charge is 2.35. The van der Waals surface area contributed by atoms with Gasteiger partial charge in [0.1, 0.15) is 0 Å². The van der Waals surface area contributed by atoms with Crippen molar-refractivity contribution < 1.29 is 8.42 Å². The molecule has 2 heterocycles. The smallest absolute Gasteiger partial charge is 0.282 e. The van der Waals surface area contributed by atoms with Crippen molar-refractivity contribution in [2.24, 2.45) is 11.8 Å². The molecule has 0 aliphatic carbocycles. The van der Waals surface area contributed by atoms with Gasteiger partial charge in [-0.25, -0.2) is 0 Å². The molecule has 25 heavy (non-hydrogen) atoms. The van der Waals surface area contributed by atoms with Crippen LogP contribution >= 0.6 is 0 Å². The molecule has 0 spiro atoms. The molecule has 2 unspecified atom stereocenters. The van der Waals surface area contributed by atoms with Gasteiger partial charge in [0.25, 0.3) is 10.2 Å². The lowest BCUT2D eigenvalue weighted by Gasteiger charge is -2.37. The first kappa shape index (κ1) is 18.8. The lowest BCUT2D eigenvalue weighted by Crippen LogP contribution is -2.50. The summed E-state index contributed by atoms with van der Waals surface area (Å²) in [5.74, 6) is 0.889. The average molecular weight is 366 g/mol.